The molecule has 100 valence electrons. The Labute approximate surface area is 117 Å². The predicted octanol–water partition coefficient (Wildman–Crippen LogP) is 5.04. The van der Waals surface area contributed by atoms with Gasteiger partial charge in [-0.05, 0) is 29.8 Å². The lowest BCUT2D eigenvalue weighted by Crippen LogP contribution is -1.93. The van der Waals surface area contributed by atoms with Gasteiger partial charge in [-0.25, -0.2) is 4.39 Å². The third kappa shape index (κ3) is 3.36. The maximum Gasteiger partial charge on any atom is 0.288 e. The Balaban J connectivity index is 2.37. The average Bonchev–Trinajstić information content (AvgIpc) is 2.34. The zero-order valence-electron chi connectivity index (χ0n) is 9.54. The van der Waals surface area contributed by atoms with Gasteiger partial charge in [0, 0.05) is 10.5 Å². The lowest BCUT2D eigenvalue weighted by atomic mass is 10.0. The number of nitrogens with two attached hydrogens (primary N) is 1. The number of nitrogen functional groups attached to an aromatic ring is 1. The monoisotopic (exact) mass is 303 g/mol. The largest absolute Gasteiger partial charge is 0.397 e. The van der Waals surface area contributed by atoms with Crippen LogP contribution in [0.15, 0.2) is 41.3 Å². The van der Waals surface area contributed by atoms with Crippen molar-refractivity contribution in [2.75, 3.05) is 5.73 Å². The normalized spacial score (nSPS) is 11.0. The highest BCUT2D eigenvalue weighted by Gasteiger charge is 2.10. The molecule has 0 aliphatic rings. The van der Waals surface area contributed by atoms with Crippen LogP contribution in [0.3, 0.4) is 0 Å². The molecule has 0 heterocycles. The first-order valence-corrected chi connectivity index (χ1v) is 6.53. The number of anilines is 1. The lowest BCUT2D eigenvalue weighted by Gasteiger charge is -2.09. The molecule has 0 aliphatic carbocycles. The van der Waals surface area contributed by atoms with Crippen LogP contribution in [-0.4, -0.2) is 5.76 Å². The van der Waals surface area contributed by atoms with Crippen LogP contribution in [0.1, 0.15) is 0 Å². The van der Waals surface area contributed by atoms with E-state index in [1.807, 2.05) is 0 Å². The van der Waals surface area contributed by atoms with Crippen molar-refractivity contribution >= 4 is 29.1 Å². The highest BCUT2D eigenvalue weighted by Crippen LogP contribution is 2.34. The minimum absolute atomic E-state index is 0.126. The van der Waals surface area contributed by atoms with E-state index in [9.17, 15) is 13.2 Å². The Hall–Kier alpha value is -1.33. The van der Waals surface area contributed by atoms with Gasteiger partial charge in [0.1, 0.15) is 5.82 Å². The molecule has 2 aromatic rings. The van der Waals surface area contributed by atoms with E-state index in [0.29, 0.717) is 27.8 Å². The first kappa shape index (κ1) is 14.1. The zero-order chi connectivity index (χ0) is 14.0. The van der Waals surface area contributed by atoms with Crippen molar-refractivity contribution in [2.45, 2.75) is 10.7 Å². The fourth-order valence-electron chi connectivity index (χ4n) is 1.64. The maximum absolute atomic E-state index is 13.3. The van der Waals surface area contributed by atoms with Gasteiger partial charge in [-0.2, -0.15) is 8.78 Å². The molecule has 0 saturated carbocycles. The molecule has 0 aliphatic heterocycles. The van der Waals surface area contributed by atoms with Gasteiger partial charge in [-0.1, -0.05) is 35.5 Å². The second-order valence-corrected chi connectivity index (χ2v) is 5.22. The van der Waals surface area contributed by atoms with Crippen LogP contribution in [0.5, 0.6) is 0 Å². The fraction of sp³-hybridized carbons (Fsp3) is 0.0769. The van der Waals surface area contributed by atoms with E-state index in [2.05, 4.69) is 0 Å². The molecule has 0 saturated heterocycles. The molecule has 2 aromatic carbocycles. The number of hydrogen-bond donors (Lipinski definition) is 1. The molecule has 0 bridgehead atoms. The Morgan fingerprint density at radius 1 is 1.11 bits per heavy atom. The number of benzene rings is 2. The summed E-state index contributed by atoms with van der Waals surface area (Å²) in [4.78, 5) is 0.430. The van der Waals surface area contributed by atoms with Crippen LogP contribution >= 0.6 is 23.4 Å². The van der Waals surface area contributed by atoms with Gasteiger partial charge in [-0.3, -0.25) is 0 Å². The third-order valence-electron chi connectivity index (χ3n) is 2.48. The smallest absolute Gasteiger partial charge is 0.288 e. The van der Waals surface area contributed by atoms with E-state index in [-0.39, 0.29) is 10.7 Å². The summed E-state index contributed by atoms with van der Waals surface area (Å²) in [5.41, 5.74) is 7.11. The molecular formula is C13H9ClF3NS. The molecule has 6 heteroatoms. The summed E-state index contributed by atoms with van der Waals surface area (Å²) in [7, 11) is 0. The minimum Gasteiger partial charge on any atom is -0.397 e. The quantitative estimate of drug-likeness (QED) is 0.635. The van der Waals surface area contributed by atoms with Gasteiger partial charge in [0.15, 0.2) is 0 Å². The second-order valence-electron chi connectivity index (χ2n) is 3.75. The average molecular weight is 304 g/mol. The van der Waals surface area contributed by atoms with Crippen LogP contribution < -0.4 is 5.73 Å². The van der Waals surface area contributed by atoms with Gasteiger partial charge in [0.25, 0.3) is 5.76 Å². The zero-order valence-corrected chi connectivity index (χ0v) is 11.1. The molecule has 2 N–H and O–H groups in total. The Morgan fingerprint density at radius 3 is 2.32 bits per heavy atom. The fourth-order valence-corrected chi connectivity index (χ4v) is 2.34. The van der Waals surface area contributed by atoms with Crippen molar-refractivity contribution < 1.29 is 13.2 Å². The highest BCUT2D eigenvalue weighted by molar-refractivity contribution is 7.99. The van der Waals surface area contributed by atoms with E-state index in [1.54, 1.807) is 12.1 Å². The molecule has 0 radical (unpaired) electrons. The van der Waals surface area contributed by atoms with Crippen molar-refractivity contribution in [2.24, 2.45) is 0 Å². The summed E-state index contributed by atoms with van der Waals surface area (Å²) in [6.07, 6.45) is 0. The summed E-state index contributed by atoms with van der Waals surface area (Å²) in [6.45, 7) is 0. The van der Waals surface area contributed by atoms with Crippen molar-refractivity contribution in [1.82, 2.24) is 0 Å². The molecule has 0 spiro atoms. The van der Waals surface area contributed by atoms with Crippen molar-refractivity contribution in [3.8, 4) is 11.1 Å². The van der Waals surface area contributed by atoms with E-state index >= 15 is 0 Å². The summed E-state index contributed by atoms with van der Waals surface area (Å²) in [5, 5.41) is 0.126. The summed E-state index contributed by atoms with van der Waals surface area (Å²) >= 11 is 6.25. The number of halogens is 4. The van der Waals surface area contributed by atoms with Crippen molar-refractivity contribution in [3.63, 3.8) is 0 Å². The molecular weight excluding hydrogens is 295 g/mol. The first-order chi connectivity index (χ1) is 8.97. The molecule has 0 atom stereocenters. The van der Waals surface area contributed by atoms with Crippen LogP contribution in [0.25, 0.3) is 11.1 Å². The number of rotatable bonds is 3. The van der Waals surface area contributed by atoms with Gasteiger partial charge >= 0.3 is 0 Å². The summed E-state index contributed by atoms with van der Waals surface area (Å²) in [6, 6.07) is 8.66. The second kappa shape index (κ2) is 5.75. The Bertz CT molecular complexity index is 587. The predicted molar refractivity (Wildman–Crippen MR) is 73.1 cm³/mol. The molecule has 2 rings (SSSR count). The van der Waals surface area contributed by atoms with E-state index < -0.39 is 11.6 Å². The highest BCUT2D eigenvalue weighted by atomic mass is 35.5. The van der Waals surface area contributed by atoms with Gasteiger partial charge in [-0.15, -0.1) is 0 Å². The Morgan fingerprint density at radius 2 is 1.74 bits per heavy atom. The molecule has 19 heavy (non-hydrogen) atoms. The van der Waals surface area contributed by atoms with Crippen LogP contribution in [0, 0.1) is 5.82 Å². The van der Waals surface area contributed by atoms with Crippen LogP contribution in [-0.2, 0) is 0 Å². The van der Waals surface area contributed by atoms with Crippen LogP contribution in [0.2, 0.25) is 5.02 Å². The van der Waals surface area contributed by atoms with Crippen molar-refractivity contribution in [1.29, 1.82) is 0 Å². The third-order valence-corrected chi connectivity index (χ3v) is 3.52. The Kier molecular flexibility index (Phi) is 4.27. The van der Waals surface area contributed by atoms with E-state index in [0.717, 1.165) is 6.07 Å². The topological polar surface area (TPSA) is 26.0 Å². The van der Waals surface area contributed by atoms with Gasteiger partial charge in [0.05, 0.1) is 10.7 Å². The van der Waals surface area contributed by atoms with Crippen LogP contribution in [0.4, 0.5) is 18.9 Å². The summed E-state index contributed by atoms with van der Waals surface area (Å²) in [5.74, 6) is -2.97. The van der Waals surface area contributed by atoms with Gasteiger partial charge in [0.2, 0.25) is 0 Å². The molecule has 0 fully saturated rings. The first-order valence-electron chi connectivity index (χ1n) is 5.27. The van der Waals surface area contributed by atoms with Gasteiger partial charge < -0.3 is 5.73 Å². The molecule has 0 amide bonds. The number of hydrogen-bond acceptors (Lipinski definition) is 2. The van der Waals surface area contributed by atoms with E-state index in [4.69, 9.17) is 17.3 Å². The SMILES string of the molecule is Nc1c(Cl)cc(F)cc1-c1ccc(SC(F)F)cc1. The molecule has 0 aromatic heterocycles. The number of alkyl halides is 2. The molecule has 1 nitrogen and oxygen atoms in total. The maximum atomic E-state index is 13.3. The number of thioether (sulfide) groups is 1. The standard InChI is InChI=1S/C13H9ClF3NS/c14-11-6-8(15)5-10(12(11)18)7-1-3-9(4-2-7)19-13(16)17/h1-6,13H,18H2. The summed E-state index contributed by atoms with van der Waals surface area (Å²) < 4.78 is 37.7. The molecule has 0 unspecified atom stereocenters. The lowest BCUT2D eigenvalue weighted by molar-refractivity contribution is 0.252. The van der Waals surface area contributed by atoms with Crippen molar-refractivity contribution in [3.05, 3.63) is 47.2 Å². The van der Waals surface area contributed by atoms with E-state index in [1.165, 1.54) is 18.2 Å². The minimum atomic E-state index is -2.47.